The molecule has 2 heteroatoms. The van der Waals surface area contributed by atoms with Crippen molar-refractivity contribution in [3.05, 3.63) is 83.3 Å². The van der Waals surface area contributed by atoms with Gasteiger partial charge < -0.3 is 4.74 Å². The predicted molar refractivity (Wildman–Crippen MR) is 89.3 cm³/mol. The molecule has 0 unspecified atom stereocenters. The van der Waals surface area contributed by atoms with Crippen LogP contribution in [0.5, 0.6) is 5.75 Å². The van der Waals surface area contributed by atoms with Crippen LogP contribution >= 0.6 is 11.6 Å². The highest BCUT2D eigenvalue weighted by molar-refractivity contribution is 6.30. The van der Waals surface area contributed by atoms with Gasteiger partial charge in [0.15, 0.2) is 0 Å². The molecule has 3 rings (SSSR count). The summed E-state index contributed by atoms with van der Waals surface area (Å²) in [6, 6.07) is 16.2. The van der Waals surface area contributed by atoms with Gasteiger partial charge in [-0.3, -0.25) is 0 Å². The largest absolute Gasteiger partial charge is 0.497 e. The summed E-state index contributed by atoms with van der Waals surface area (Å²) >= 11 is 5.98. The first-order valence-corrected chi connectivity index (χ1v) is 7.30. The monoisotopic (exact) mass is 295 g/mol. The van der Waals surface area contributed by atoms with E-state index in [2.05, 4.69) is 42.8 Å². The van der Waals surface area contributed by atoms with E-state index in [1.54, 1.807) is 7.11 Å². The third-order valence-electron chi connectivity index (χ3n) is 3.59. The van der Waals surface area contributed by atoms with Gasteiger partial charge in [-0.1, -0.05) is 48.0 Å². The average Bonchev–Trinajstić information content (AvgIpc) is 2.56. The Hall–Kier alpha value is -1.99. The maximum absolute atomic E-state index is 5.98. The van der Waals surface area contributed by atoms with Gasteiger partial charge in [0.05, 0.1) is 7.11 Å². The summed E-state index contributed by atoms with van der Waals surface area (Å²) in [6.07, 6.45) is 7.57. The van der Waals surface area contributed by atoms with E-state index < -0.39 is 0 Å². The Morgan fingerprint density at radius 1 is 0.857 bits per heavy atom. The van der Waals surface area contributed by atoms with Crippen LogP contribution < -0.4 is 4.74 Å². The Morgan fingerprint density at radius 2 is 1.48 bits per heavy atom. The summed E-state index contributed by atoms with van der Waals surface area (Å²) in [5, 5.41) is 0.758. The van der Waals surface area contributed by atoms with Gasteiger partial charge >= 0.3 is 0 Å². The van der Waals surface area contributed by atoms with Crippen LogP contribution in [0.1, 0.15) is 17.5 Å². The second kappa shape index (κ2) is 6.19. The highest BCUT2D eigenvalue weighted by atomic mass is 35.5. The molecule has 0 aromatic heterocycles. The van der Waals surface area contributed by atoms with Gasteiger partial charge in [-0.2, -0.15) is 0 Å². The molecule has 105 valence electrons. The summed E-state index contributed by atoms with van der Waals surface area (Å²) in [7, 11) is 1.68. The zero-order valence-corrected chi connectivity index (χ0v) is 12.6. The van der Waals surface area contributed by atoms with E-state index in [-0.39, 0.29) is 0 Å². The van der Waals surface area contributed by atoms with Crippen molar-refractivity contribution in [2.24, 2.45) is 0 Å². The highest BCUT2D eigenvalue weighted by Gasteiger charge is 2.12. The van der Waals surface area contributed by atoms with Crippen LogP contribution in [0, 0.1) is 6.42 Å². The lowest BCUT2D eigenvalue weighted by atomic mass is 9.88. The maximum atomic E-state index is 5.98. The molecule has 0 bridgehead atoms. The van der Waals surface area contributed by atoms with Crippen molar-refractivity contribution in [2.45, 2.75) is 6.42 Å². The molecule has 0 aliphatic heterocycles. The smallest absolute Gasteiger partial charge is 0.118 e. The minimum atomic E-state index is 0.758. The minimum absolute atomic E-state index is 0.758. The van der Waals surface area contributed by atoms with Gasteiger partial charge in [-0.05, 0) is 59.4 Å². The van der Waals surface area contributed by atoms with E-state index in [9.17, 15) is 0 Å². The van der Waals surface area contributed by atoms with E-state index in [0.29, 0.717) is 0 Å². The second-order valence-electron chi connectivity index (χ2n) is 4.90. The number of allylic oxidation sites excluding steroid dienone is 4. The summed E-state index contributed by atoms with van der Waals surface area (Å²) in [5.41, 5.74) is 4.85. The molecular formula is C19H16ClO. The topological polar surface area (TPSA) is 9.23 Å². The Balaban J connectivity index is 2.06. The number of ether oxygens (including phenoxy) is 1. The minimum Gasteiger partial charge on any atom is -0.497 e. The van der Waals surface area contributed by atoms with Crippen LogP contribution in [-0.2, 0) is 0 Å². The Labute approximate surface area is 130 Å². The number of hydrogen-bond donors (Lipinski definition) is 0. The van der Waals surface area contributed by atoms with Crippen molar-refractivity contribution in [3.8, 4) is 5.75 Å². The molecule has 1 aliphatic carbocycles. The molecular weight excluding hydrogens is 280 g/mol. The van der Waals surface area contributed by atoms with Crippen molar-refractivity contribution in [1.29, 1.82) is 0 Å². The molecule has 0 atom stereocenters. The van der Waals surface area contributed by atoms with Crippen LogP contribution in [0.15, 0.2) is 60.7 Å². The van der Waals surface area contributed by atoms with Crippen molar-refractivity contribution >= 4 is 22.7 Å². The van der Waals surface area contributed by atoms with E-state index in [0.717, 1.165) is 17.2 Å². The fraction of sp³-hybridized carbons (Fsp3) is 0.105. The molecule has 0 heterocycles. The van der Waals surface area contributed by atoms with E-state index in [1.807, 2.05) is 24.3 Å². The van der Waals surface area contributed by atoms with Gasteiger partial charge in [-0.15, -0.1) is 0 Å². The molecule has 21 heavy (non-hydrogen) atoms. The Morgan fingerprint density at radius 3 is 2.14 bits per heavy atom. The maximum Gasteiger partial charge on any atom is 0.118 e. The lowest BCUT2D eigenvalue weighted by Gasteiger charge is -2.17. The van der Waals surface area contributed by atoms with Gasteiger partial charge in [0.2, 0.25) is 0 Å². The molecule has 0 fully saturated rings. The van der Waals surface area contributed by atoms with E-state index >= 15 is 0 Å². The summed E-state index contributed by atoms with van der Waals surface area (Å²) in [5.74, 6) is 0.874. The molecule has 0 spiro atoms. The summed E-state index contributed by atoms with van der Waals surface area (Å²) in [6.45, 7) is 0. The SMILES string of the molecule is COc1ccc(C2=C(c3ccc(Cl)cc3)C=CC[CH]2)cc1. The number of methoxy groups -OCH3 is 1. The van der Waals surface area contributed by atoms with E-state index in [1.165, 1.54) is 22.3 Å². The third-order valence-corrected chi connectivity index (χ3v) is 3.84. The van der Waals surface area contributed by atoms with Crippen LogP contribution in [0.2, 0.25) is 5.02 Å². The Kier molecular flexibility index (Phi) is 4.12. The first kappa shape index (κ1) is 14.0. The zero-order chi connectivity index (χ0) is 14.7. The summed E-state index contributed by atoms with van der Waals surface area (Å²) < 4.78 is 5.23. The molecule has 0 N–H and O–H groups in total. The highest BCUT2D eigenvalue weighted by Crippen LogP contribution is 2.34. The predicted octanol–water partition coefficient (Wildman–Crippen LogP) is 5.42. The molecule has 2 aromatic carbocycles. The molecule has 1 radical (unpaired) electrons. The van der Waals surface area contributed by atoms with Crippen molar-refractivity contribution < 1.29 is 4.74 Å². The van der Waals surface area contributed by atoms with E-state index in [4.69, 9.17) is 16.3 Å². The molecule has 0 amide bonds. The number of hydrogen-bond acceptors (Lipinski definition) is 1. The standard InChI is InChI=1S/C19H16ClO/c1-21-17-12-8-15(9-13-17)19-5-3-2-4-18(19)14-6-10-16(20)11-7-14/h2,4-13H,3H2,1H3. The van der Waals surface area contributed by atoms with Crippen LogP contribution in [0.25, 0.3) is 11.1 Å². The van der Waals surface area contributed by atoms with Gasteiger partial charge in [0.25, 0.3) is 0 Å². The van der Waals surface area contributed by atoms with Crippen LogP contribution in [0.3, 0.4) is 0 Å². The number of benzene rings is 2. The first-order chi connectivity index (χ1) is 10.3. The molecule has 1 aliphatic rings. The molecule has 0 saturated heterocycles. The summed E-state index contributed by atoms with van der Waals surface area (Å²) in [4.78, 5) is 0. The van der Waals surface area contributed by atoms with Crippen molar-refractivity contribution in [2.75, 3.05) is 7.11 Å². The number of halogens is 1. The second-order valence-corrected chi connectivity index (χ2v) is 5.34. The Bertz CT molecular complexity index is 679. The quantitative estimate of drug-likeness (QED) is 0.734. The normalized spacial score (nSPS) is 14.4. The average molecular weight is 296 g/mol. The number of rotatable bonds is 3. The lowest BCUT2D eigenvalue weighted by Crippen LogP contribution is -1.96. The van der Waals surface area contributed by atoms with Crippen molar-refractivity contribution in [3.63, 3.8) is 0 Å². The lowest BCUT2D eigenvalue weighted by molar-refractivity contribution is 0.415. The zero-order valence-electron chi connectivity index (χ0n) is 11.8. The van der Waals surface area contributed by atoms with Gasteiger partial charge in [0.1, 0.15) is 5.75 Å². The third kappa shape index (κ3) is 3.03. The fourth-order valence-corrected chi connectivity index (χ4v) is 2.62. The van der Waals surface area contributed by atoms with Crippen molar-refractivity contribution in [1.82, 2.24) is 0 Å². The van der Waals surface area contributed by atoms with Crippen LogP contribution in [-0.4, -0.2) is 7.11 Å². The van der Waals surface area contributed by atoms with Gasteiger partial charge in [0, 0.05) is 5.02 Å². The van der Waals surface area contributed by atoms with Crippen LogP contribution in [0.4, 0.5) is 0 Å². The first-order valence-electron chi connectivity index (χ1n) is 6.92. The fourth-order valence-electron chi connectivity index (χ4n) is 2.50. The molecule has 2 aromatic rings. The molecule has 0 saturated carbocycles. The van der Waals surface area contributed by atoms with Gasteiger partial charge in [-0.25, -0.2) is 0 Å². The molecule has 1 nitrogen and oxygen atoms in total.